The lowest BCUT2D eigenvalue weighted by Crippen LogP contribution is -2.26. The Morgan fingerprint density at radius 3 is 2.49 bits per heavy atom. The van der Waals surface area contributed by atoms with Crippen molar-refractivity contribution >= 4 is 28.4 Å². The van der Waals surface area contributed by atoms with E-state index in [0.29, 0.717) is 30.6 Å². The van der Waals surface area contributed by atoms with Crippen LogP contribution in [-0.4, -0.2) is 58.4 Å². The van der Waals surface area contributed by atoms with Gasteiger partial charge in [0.1, 0.15) is 6.10 Å². The average molecular weight is 478 g/mol. The van der Waals surface area contributed by atoms with Gasteiger partial charge in [0.2, 0.25) is 11.8 Å². The summed E-state index contributed by atoms with van der Waals surface area (Å²) in [6.07, 6.45) is 8.49. The molecule has 1 aliphatic carbocycles. The van der Waals surface area contributed by atoms with E-state index in [9.17, 15) is 9.90 Å². The van der Waals surface area contributed by atoms with E-state index in [1.807, 2.05) is 18.3 Å². The van der Waals surface area contributed by atoms with Gasteiger partial charge < -0.3 is 25.2 Å². The number of carbonyl (C=O) groups excluding carboxylic acids is 1. The molecule has 1 saturated heterocycles. The number of ether oxygens (including phenoxy) is 2. The molecule has 5 rings (SSSR count). The molecule has 3 aromatic rings. The van der Waals surface area contributed by atoms with E-state index in [1.54, 1.807) is 25.4 Å². The second kappa shape index (κ2) is 10.5. The van der Waals surface area contributed by atoms with E-state index in [4.69, 9.17) is 14.5 Å². The average Bonchev–Trinajstić information content (AvgIpc) is 2.90. The number of pyridine rings is 1. The normalized spacial score (nSPS) is 21.0. The van der Waals surface area contributed by atoms with Crippen LogP contribution in [0, 0.1) is 0 Å². The predicted molar refractivity (Wildman–Crippen MR) is 132 cm³/mol. The van der Waals surface area contributed by atoms with Gasteiger partial charge in [-0.2, -0.15) is 0 Å². The number of rotatable bonds is 6. The van der Waals surface area contributed by atoms with Crippen LogP contribution in [0.2, 0.25) is 0 Å². The lowest BCUT2D eigenvalue weighted by atomic mass is 9.83. The van der Waals surface area contributed by atoms with Crippen LogP contribution < -0.4 is 15.4 Å². The quantitative estimate of drug-likeness (QED) is 0.492. The second-order valence-corrected chi connectivity index (χ2v) is 9.19. The number of benzene rings is 1. The van der Waals surface area contributed by atoms with Crippen molar-refractivity contribution in [1.82, 2.24) is 20.3 Å². The molecule has 0 bridgehead atoms. The van der Waals surface area contributed by atoms with Gasteiger partial charge in [0, 0.05) is 49.1 Å². The van der Waals surface area contributed by atoms with Crippen molar-refractivity contribution in [3.63, 3.8) is 0 Å². The Morgan fingerprint density at radius 2 is 1.77 bits per heavy atom. The number of anilines is 2. The van der Waals surface area contributed by atoms with Crippen LogP contribution >= 0.6 is 0 Å². The zero-order chi connectivity index (χ0) is 24.2. The number of nitrogens with one attached hydrogen (secondary N) is 2. The van der Waals surface area contributed by atoms with Crippen molar-refractivity contribution in [2.45, 2.75) is 56.7 Å². The summed E-state index contributed by atoms with van der Waals surface area (Å²) in [7, 11) is 1.61. The zero-order valence-corrected chi connectivity index (χ0v) is 19.9. The monoisotopic (exact) mass is 477 g/mol. The Morgan fingerprint density at radius 1 is 1.03 bits per heavy atom. The first-order valence-electron chi connectivity index (χ1n) is 12.3. The number of nitrogens with zero attached hydrogens (tertiary/aromatic N) is 3. The lowest BCUT2D eigenvalue weighted by molar-refractivity contribution is 0.0244. The summed E-state index contributed by atoms with van der Waals surface area (Å²) in [5.74, 6) is 1.16. The van der Waals surface area contributed by atoms with Gasteiger partial charge in [0.05, 0.1) is 30.2 Å². The Balaban J connectivity index is 1.46. The van der Waals surface area contributed by atoms with E-state index in [0.717, 1.165) is 60.7 Å². The molecule has 0 spiro atoms. The Bertz CT molecular complexity index is 1170. The van der Waals surface area contributed by atoms with Gasteiger partial charge in [0.25, 0.3) is 5.91 Å². The first kappa shape index (κ1) is 23.4. The molecule has 1 aromatic carbocycles. The van der Waals surface area contributed by atoms with Crippen molar-refractivity contribution in [2.75, 3.05) is 25.6 Å². The van der Waals surface area contributed by atoms with Crippen LogP contribution in [0.15, 0.2) is 36.7 Å². The summed E-state index contributed by atoms with van der Waals surface area (Å²) in [4.78, 5) is 25.9. The van der Waals surface area contributed by atoms with Gasteiger partial charge >= 0.3 is 0 Å². The molecule has 0 radical (unpaired) electrons. The molecule has 9 heteroatoms. The first-order chi connectivity index (χ1) is 17.1. The Labute approximate surface area is 204 Å². The molecule has 9 nitrogen and oxygen atoms in total. The van der Waals surface area contributed by atoms with Crippen LogP contribution in [0.3, 0.4) is 0 Å². The number of fused-ring (bicyclic) bond motifs is 1. The SMILES string of the molecule is CNC(=O)c1ccc(Nc2ncc3c(OC4CCOCC4)ncc([C@H]4CC[C@H](O)CC4)c3n2)cc1. The summed E-state index contributed by atoms with van der Waals surface area (Å²) in [6.45, 7) is 1.38. The van der Waals surface area contributed by atoms with Crippen LogP contribution in [-0.2, 0) is 4.74 Å². The summed E-state index contributed by atoms with van der Waals surface area (Å²) >= 11 is 0. The minimum Gasteiger partial charge on any atom is -0.474 e. The molecule has 2 aliphatic rings. The van der Waals surface area contributed by atoms with Gasteiger partial charge in [-0.25, -0.2) is 15.0 Å². The molecule has 2 aromatic heterocycles. The maximum Gasteiger partial charge on any atom is 0.251 e. The fourth-order valence-corrected chi connectivity index (χ4v) is 4.79. The van der Waals surface area contributed by atoms with Crippen molar-refractivity contribution in [3.05, 3.63) is 47.8 Å². The first-order valence-corrected chi connectivity index (χ1v) is 12.3. The molecule has 3 heterocycles. The molecule has 3 N–H and O–H groups in total. The number of aromatic nitrogens is 3. The molecule has 35 heavy (non-hydrogen) atoms. The van der Waals surface area contributed by atoms with Crippen molar-refractivity contribution in [2.24, 2.45) is 0 Å². The number of aliphatic hydroxyl groups excluding tert-OH is 1. The number of aliphatic hydroxyl groups is 1. The summed E-state index contributed by atoms with van der Waals surface area (Å²) in [5.41, 5.74) is 3.25. The molecule has 184 valence electrons. The van der Waals surface area contributed by atoms with Crippen LogP contribution in [0.5, 0.6) is 5.88 Å². The summed E-state index contributed by atoms with van der Waals surface area (Å²) in [6, 6.07) is 7.16. The largest absolute Gasteiger partial charge is 0.474 e. The third-order valence-electron chi connectivity index (χ3n) is 6.83. The van der Waals surface area contributed by atoms with Crippen LogP contribution in [0.25, 0.3) is 10.9 Å². The van der Waals surface area contributed by atoms with E-state index in [1.165, 1.54) is 0 Å². The molecule has 1 saturated carbocycles. The number of hydrogen-bond donors (Lipinski definition) is 3. The number of hydrogen-bond acceptors (Lipinski definition) is 8. The fraction of sp³-hybridized carbons (Fsp3) is 0.462. The number of amides is 1. The highest BCUT2D eigenvalue weighted by molar-refractivity contribution is 5.94. The molecule has 2 fully saturated rings. The summed E-state index contributed by atoms with van der Waals surface area (Å²) < 4.78 is 11.7. The number of carbonyl (C=O) groups is 1. The van der Waals surface area contributed by atoms with Gasteiger partial charge in [-0.3, -0.25) is 4.79 Å². The standard InChI is InChI=1S/C26H31N5O4/c1-27-24(33)17-2-6-18(7-3-17)30-26-29-15-22-23(31-26)21(16-4-8-19(32)9-5-16)14-28-25(22)35-20-10-12-34-13-11-20/h2-3,6-7,14-16,19-20,32H,4-5,8-13H2,1H3,(H,27,33)(H,29,30,31)/t16-,19-. The third-order valence-corrected chi connectivity index (χ3v) is 6.83. The van der Waals surface area contributed by atoms with Gasteiger partial charge in [-0.05, 0) is 55.9 Å². The van der Waals surface area contributed by atoms with E-state index in [2.05, 4.69) is 20.6 Å². The zero-order valence-electron chi connectivity index (χ0n) is 19.9. The maximum absolute atomic E-state index is 11.8. The van der Waals surface area contributed by atoms with Crippen molar-refractivity contribution in [3.8, 4) is 5.88 Å². The minimum atomic E-state index is -0.230. The maximum atomic E-state index is 11.8. The van der Waals surface area contributed by atoms with Gasteiger partial charge in [-0.1, -0.05) is 0 Å². The highest BCUT2D eigenvalue weighted by atomic mass is 16.5. The molecule has 1 aliphatic heterocycles. The Kier molecular flexibility index (Phi) is 7.06. The highest BCUT2D eigenvalue weighted by Crippen LogP contribution is 2.38. The van der Waals surface area contributed by atoms with E-state index >= 15 is 0 Å². The van der Waals surface area contributed by atoms with E-state index in [-0.39, 0.29) is 24.0 Å². The van der Waals surface area contributed by atoms with E-state index < -0.39 is 0 Å². The molecular formula is C26H31N5O4. The smallest absolute Gasteiger partial charge is 0.251 e. The van der Waals surface area contributed by atoms with Crippen LogP contribution in [0.1, 0.15) is 60.4 Å². The minimum absolute atomic E-state index is 0.0618. The molecule has 0 atom stereocenters. The summed E-state index contributed by atoms with van der Waals surface area (Å²) in [5, 5.41) is 16.6. The van der Waals surface area contributed by atoms with Crippen molar-refractivity contribution < 1.29 is 19.4 Å². The Hall–Kier alpha value is -3.30. The lowest BCUT2D eigenvalue weighted by Gasteiger charge is -2.27. The molecular weight excluding hydrogens is 446 g/mol. The fourth-order valence-electron chi connectivity index (χ4n) is 4.79. The highest BCUT2D eigenvalue weighted by Gasteiger charge is 2.26. The van der Waals surface area contributed by atoms with Gasteiger partial charge in [-0.15, -0.1) is 0 Å². The third kappa shape index (κ3) is 5.36. The molecule has 1 amide bonds. The second-order valence-electron chi connectivity index (χ2n) is 9.19. The molecule has 0 unspecified atom stereocenters. The van der Waals surface area contributed by atoms with Crippen LogP contribution in [0.4, 0.5) is 11.6 Å². The van der Waals surface area contributed by atoms with Gasteiger partial charge in [0.15, 0.2) is 0 Å². The topological polar surface area (TPSA) is 118 Å². The predicted octanol–water partition coefficient (Wildman–Crippen LogP) is 3.70. The van der Waals surface area contributed by atoms with Crippen molar-refractivity contribution in [1.29, 1.82) is 0 Å².